The van der Waals surface area contributed by atoms with Crippen LogP contribution < -0.4 is 5.32 Å². The number of sulfone groups is 1. The predicted molar refractivity (Wildman–Crippen MR) is 83.9 cm³/mol. The molecule has 0 aliphatic carbocycles. The van der Waals surface area contributed by atoms with E-state index < -0.39 is 9.84 Å². The molecule has 3 nitrogen and oxygen atoms in total. The van der Waals surface area contributed by atoms with Crippen LogP contribution in [0.1, 0.15) is 19.4 Å². The van der Waals surface area contributed by atoms with Gasteiger partial charge < -0.3 is 5.32 Å². The number of halogens is 1. The minimum absolute atomic E-state index is 0.308. The van der Waals surface area contributed by atoms with Gasteiger partial charge in [0.15, 0.2) is 9.84 Å². The second-order valence-electron chi connectivity index (χ2n) is 4.43. The number of nitrogens with one attached hydrogen (secondary N) is 1. The van der Waals surface area contributed by atoms with E-state index in [1.54, 1.807) is 18.2 Å². The lowest BCUT2D eigenvalue weighted by Gasteiger charge is -2.15. The molecular formula is C13H20ClNO2S2. The van der Waals surface area contributed by atoms with Crippen LogP contribution >= 0.6 is 23.4 Å². The van der Waals surface area contributed by atoms with Crippen LogP contribution in [0.4, 0.5) is 0 Å². The van der Waals surface area contributed by atoms with Crippen LogP contribution in [0.2, 0.25) is 5.02 Å². The van der Waals surface area contributed by atoms with E-state index in [1.807, 2.05) is 11.8 Å². The lowest BCUT2D eigenvalue weighted by molar-refractivity contribution is 0.581. The van der Waals surface area contributed by atoms with Crippen molar-refractivity contribution in [1.82, 2.24) is 5.32 Å². The molecule has 0 aliphatic heterocycles. The third-order valence-corrected chi connectivity index (χ3v) is 5.35. The van der Waals surface area contributed by atoms with Crippen LogP contribution in [-0.2, 0) is 16.4 Å². The van der Waals surface area contributed by atoms with Crippen molar-refractivity contribution in [2.75, 3.05) is 17.8 Å². The molecule has 19 heavy (non-hydrogen) atoms. The van der Waals surface area contributed by atoms with Crippen molar-refractivity contribution in [3.63, 3.8) is 0 Å². The lowest BCUT2D eigenvalue weighted by Crippen LogP contribution is -2.28. The van der Waals surface area contributed by atoms with Crippen LogP contribution in [0, 0.1) is 0 Å². The largest absolute Gasteiger partial charge is 0.309 e. The van der Waals surface area contributed by atoms with E-state index in [2.05, 4.69) is 19.2 Å². The number of thioether (sulfide) groups is 1. The molecule has 108 valence electrons. The van der Waals surface area contributed by atoms with Gasteiger partial charge in [-0.15, -0.1) is 0 Å². The fraction of sp³-hybridized carbons (Fsp3) is 0.538. The van der Waals surface area contributed by atoms with E-state index >= 15 is 0 Å². The number of hydrogen-bond acceptors (Lipinski definition) is 4. The molecule has 0 bridgehead atoms. The molecule has 0 saturated heterocycles. The van der Waals surface area contributed by atoms with Gasteiger partial charge in [-0.25, -0.2) is 8.42 Å². The van der Waals surface area contributed by atoms with Crippen molar-refractivity contribution in [2.45, 2.75) is 31.3 Å². The molecule has 0 aromatic heterocycles. The summed E-state index contributed by atoms with van der Waals surface area (Å²) in [6.07, 6.45) is 1.21. The molecule has 1 rings (SSSR count). The zero-order chi connectivity index (χ0) is 14.5. The summed E-state index contributed by atoms with van der Waals surface area (Å²) >= 11 is 7.97. The zero-order valence-corrected chi connectivity index (χ0v) is 13.8. The Bertz CT molecular complexity index is 517. The quantitative estimate of drug-likeness (QED) is 0.838. The topological polar surface area (TPSA) is 46.2 Å². The zero-order valence-electron chi connectivity index (χ0n) is 11.4. The van der Waals surface area contributed by atoms with E-state index in [-0.39, 0.29) is 0 Å². The lowest BCUT2D eigenvalue weighted by atomic mass is 10.2. The Morgan fingerprint density at radius 1 is 1.42 bits per heavy atom. The molecule has 1 atom stereocenters. The number of hydrogen-bond donors (Lipinski definition) is 1. The highest BCUT2D eigenvalue weighted by Gasteiger charge is 2.16. The minimum atomic E-state index is -3.25. The average molecular weight is 322 g/mol. The summed E-state index contributed by atoms with van der Waals surface area (Å²) in [5.41, 5.74) is 0.653. The molecule has 0 aliphatic rings. The van der Waals surface area contributed by atoms with Gasteiger partial charge in [-0.1, -0.05) is 24.6 Å². The fourth-order valence-electron chi connectivity index (χ4n) is 1.69. The standard InChI is InChI=1S/C13H20ClNO2S2/c1-4-18-9-10(2)15-8-11-12(14)6-5-7-13(11)19(3,16)17/h5-7,10,15H,4,8-9H2,1-3H3. The monoisotopic (exact) mass is 321 g/mol. The maximum atomic E-state index is 11.7. The first-order valence-electron chi connectivity index (χ1n) is 6.14. The molecule has 0 fully saturated rings. The summed E-state index contributed by atoms with van der Waals surface area (Å²) in [6, 6.07) is 5.30. The molecule has 0 spiro atoms. The molecule has 1 aromatic carbocycles. The van der Waals surface area contributed by atoms with Gasteiger partial charge in [0.05, 0.1) is 4.90 Å². The minimum Gasteiger partial charge on any atom is -0.309 e. The fourth-order valence-corrected chi connectivity index (χ4v) is 3.65. The van der Waals surface area contributed by atoms with Crippen molar-refractivity contribution >= 4 is 33.2 Å². The molecule has 0 saturated carbocycles. The Morgan fingerprint density at radius 3 is 2.68 bits per heavy atom. The summed E-state index contributed by atoms with van der Waals surface area (Å²) in [7, 11) is -3.25. The summed E-state index contributed by atoms with van der Waals surface area (Å²) < 4.78 is 23.5. The normalized spacial score (nSPS) is 13.5. The highest BCUT2D eigenvalue weighted by molar-refractivity contribution is 7.99. The number of benzene rings is 1. The van der Waals surface area contributed by atoms with Crippen molar-refractivity contribution in [3.8, 4) is 0 Å². The molecule has 1 aromatic rings. The van der Waals surface area contributed by atoms with Crippen molar-refractivity contribution in [2.24, 2.45) is 0 Å². The van der Waals surface area contributed by atoms with Crippen LogP contribution in [0.15, 0.2) is 23.1 Å². The Balaban J connectivity index is 2.83. The van der Waals surface area contributed by atoms with Gasteiger partial charge in [0.2, 0.25) is 0 Å². The average Bonchev–Trinajstić information content (AvgIpc) is 2.33. The maximum absolute atomic E-state index is 11.7. The summed E-state index contributed by atoms with van der Waals surface area (Å²) in [6.45, 7) is 4.67. The first kappa shape index (κ1) is 16.8. The van der Waals surface area contributed by atoms with Gasteiger partial charge in [-0.2, -0.15) is 11.8 Å². The van der Waals surface area contributed by atoms with E-state index in [0.29, 0.717) is 28.1 Å². The third kappa shape index (κ3) is 5.34. The van der Waals surface area contributed by atoms with Gasteiger partial charge in [-0.3, -0.25) is 0 Å². The van der Waals surface area contributed by atoms with Gasteiger partial charge in [-0.05, 0) is 24.8 Å². The van der Waals surface area contributed by atoms with E-state index in [0.717, 1.165) is 11.5 Å². The van der Waals surface area contributed by atoms with Gasteiger partial charge in [0.25, 0.3) is 0 Å². The van der Waals surface area contributed by atoms with Gasteiger partial charge in [0, 0.05) is 35.2 Å². The Morgan fingerprint density at radius 2 is 2.11 bits per heavy atom. The van der Waals surface area contributed by atoms with Crippen LogP contribution in [0.5, 0.6) is 0 Å². The Hall–Kier alpha value is -0.230. The molecule has 0 heterocycles. The molecule has 0 radical (unpaired) electrons. The summed E-state index contributed by atoms with van der Waals surface area (Å²) in [5, 5.41) is 3.81. The van der Waals surface area contributed by atoms with E-state index in [4.69, 9.17) is 11.6 Å². The Labute approximate surface area is 125 Å². The third-order valence-electron chi connectivity index (χ3n) is 2.67. The molecule has 1 N–H and O–H groups in total. The highest BCUT2D eigenvalue weighted by Crippen LogP contribution is 2.24. The highest BCUT2D eigenvalue weighted by atomic mass is 35.5. The molecule has 1 unspecified atom stereocenters. The Kier molecular flexibility index (Phi) is 6.66. The summed E-state index contributed by atoms with van der Waals surface area (Å²) in [5.74, 6) is 2.07. The first-order chi connectivity index (χ1) is 8.86. The number of rotatable bonds is 7. The second kappa shape index (κ2) is 7.53. The van der Waals surface area contributed by atoms with Crippen LogP contribution in [0.3, 0.4) is 0 Å². The van der Waals surface area contributed by atoms with Gasteiger partial charge in [0.1, 0.15) is 0 Å². The van der Waals surface area contributed by atoms with E-state index in [9.17, 15) is 8.42 Å². The molecular weight excluding hydrogens is 302 g/mol. The smallest absolute Gasteiger partial charge is 0.175 e. The molecule has 6 heteroatoms. The van der Waals surface area contributed by atoms with Gasteiger partial charge >= 0.3 is 0 Å². The predicted octanol–water partition coefficient (Wildman–Crippen LogP) is 2.97. The first-order valence-corrected chi connectivity index (χ1v) is 9.57. The van der Waals surface area contributed by atoms with E-state index in [1.165, 1.54) is 6.26 Å². The maximum Gasteiger partial charge on any atom is 0.175 e. The second-order valence-corrected chi connectivity index (χ2v) is 8.14. The van der Waals surface area contributed by atoms with Crippen molar-refractivity contribution in [3.05, 3.63) is 28.8 Å². The van der Waals surface area contributed by atoms with Crippen LogP contribution in [-0.4, -0.2) is 32.2 Å². The van der Waals surface area contributed by atoms with Crippen molar-refractivity contribution in [1.29, 1.82) is 0 Å². The summed E-state index contributed by atoms with van der Waals surface area (Å²) in [4.78, 5) is 0.308. The molecule has 0 amide bonds. The van der Waals surface area contributed by atoms with Crippen molar-refractivity contribution < 1.29 is 8.42 Å². The SMILES string of the molecule is CCSCC(C)NCc1c(Cl)cccc1S(C)(=O)=O. The van der Waals surface area contributed by atoms with Crippen LogP contribution in [0.25, 0.3) is 0 Å².